The highest BCUT2D eigenvalue weighted by atomic mass is 127. The summed E-state index contributed by atoms with van der Waals surface area (Å²) < 4.78 is 2.13. The summed E-state index contributed by atoms with van der Waals surface area (Å²) in [6.07, 6.45) is 7.72. The maximum Gasteiger partial charge on any atom is 0.0568 e. The van der Waals surface area contributed by atoms with Crippen LogP contribution in [0.4, 0.5) is 0 Å². The number of nitrogens with zero attached hydrogens (tertiary/aromatic N) is 1. The maximum absolute atomic E-state index is 7.29. The summed E-state index contributed by atoms with van der Waals surface area (Å²) in [6, 6.07) is 3.65. The average Bonchev–Trinajstić information content (AvgIpc) is 2.09. The van der Waals surface area contributed by atoms with Gasteiger partial charge in [-0.15, -0.1) is 0 Å². The van der Waals surface area contributed by atoms with Crippen molar-refractivity contribution >= 4 is 0 Å². The summed E-state index contributed by atoms with van der Waals surface area (Å²) in [7, 11) is 0. The number of aromatic nitrogens is 1. The molecule has 1 aromatic rings. The van der Waals surface area contributed by atoms with E-state index in [2.05, 4.69) is 11.5 Å². The Hall–Kier alpha value is -0.320. The van der Waals surface area contributed by atoms with E-state index in [9.17, 15) is 0 Å². The van der Waals surface area contributed by atoms with Gasteiger partial charge in [-0.05, 0) is 18.6 Å². The SMILES string of the molecule is CCCCCn1ccc(=N)cc1.[I-]. The van der Waals surface area contributed by atoms with Crippen molar-refractivity contribution in [3.05, 3.63) is 29.9 Å². The largest absolute Gasteiger partial charge is 1.00 e. The number of pyridine rings is 1. The van der Waals surface area contributed by atoms with Gasteiger partial charge in [-0.3, -0.25) is 0 Å². The number of hydrogen-bond donors (Lipinski definition) is 1. The molecule has 0 aliphatic rings. The molecule has 1 N–H and O–H groups in total. The molecule has 3 heteroatoms. The smallest absolute Gasteiger partial charge is 0.0568 e. The fraction of sp³-hybridized carbons (Fsp3) is 0.500. The summed E-state index contributed by atoms with van der Waals surface area (Å²) in [5.41, 5.74) is 0. The molecule has 0 saturated carbocycles. The van der Waals surface area contributed by atoms with E-state index >= 15 is 0 Å². The predicted molar refractivity (Wildman–Crippen MR) is 49.8 cm³/mol. The van der Waals surface area contributed by atoms with Crippen molar-refractivity contribution in [2.75, 3.05) is 0 Å². The zero-order chi connectivity index (χ0) is 8.81. The maximum atomic E-state index is 7.29. The van der Waals surface area contributed by atoms with Crippen LogP contribution in [0.25, 0.3) is 0 Å². The average molecular weight is 291 g/mol. The third-order valence-corrected chi connectivity index (χ3v) is 1.91. The first-order valence-corrected chi connectivity index (χ1v) is 4.53. The van der Waals surface area contributed by atoms with Crippen LogP contribution in [0.3, 0.4) is 0 Å². The van der Waals surface area contributed by atoms with Gasteiger partial charge >= 0.3 is 0 Å². The Morgan fingerprint density at radius 1 is 1.23 bits per heavy atom. The van der Waals surface area contributed by atoms with Crippen molar-refractivity contribution in [1.29, 1.82) is 5.41 Å². The van der Waals surface area contributed by atoms with Crippen LogP contribution < -0.4 is 29.3 Å². The van der Waals surface area contributed by atoms with E-state index in [-0.39, 0.29) is 24.0 Å². The quantitative estimate of drug-likeness (QED) is 0.554. The standard InChI is InChI=1S/C10H16N2.HI/c1-2-3-4-7-12-8-5-10(11)6-9-12;/h5-6,8-9,11H,2-4,7H2,1H3;1H/p-1. The molecule has 0 bridgehead atoms. The van der Waals surface area contributed by atoms with Crippen molar-refractivity contribution in [2.24, 2.45) is 0 Å². The van der Waals surface area contributed by atoms with Crippen LogP contribution in [0.15, 0.2) is 24.5 Å². The minimum absolute atomic E-state index is 0. The van der Waals surface area contributed by atoms with E-state index in [1.54, 1.807) is 0 Å². The van der Waals surface area contributed by atoms with Gasteiger partial charge in [-0.2, -0.15) is 0 Å². The van der Waals surface area contributed by atoms with Gasteiger partial charge in [0.25, 0.3) is 0 Å². The van der Waals surface area contributed by atoms with Crippen molar-refractivity contribution in [1.82, 2.24) is 4.57 Å². The number of nitrogens with one attached hydrogen (secondary N) is 1. The van der Waals surface area contributed by atoms with Gasteiger partial charge in [0, 0.05) is 18.9 Å². The molecule has 0 aliphatic carbocycles. The summed E-state index contributed by atoms with van der Waals surface area (Å²) in [5, 5.41) is 7.88. The summed E-state index contributed by atoms with van der Waals surface area (Å²) in [5.74, 6) is 0. The predicted octanol–water partition coefficient (Wildman–Crippen LogP) is -0.838. The lowest BCUT2D eigenvalue weighted by Gasteiger charge is -2.03. The second-order valence-corrected chi connectivity index (χ2v) is 3.03. The Morgan fingerprint density at radius 3 is 2.38 bits per heavy atom. The Labute approximate surface area is 96.5 Å². The molecule has 1 heterocycles. The minimum Gasteiger partial charge on any atom is -1.00 e. The van der Waals surface area contributed by atoms with E-state index in [1.165, 1.54) is 19.3 Å². The summed E-state index contributed by atoms with van der Waals surface area (Å²) in [6.45, 7) is 3.28. The van der Waals surface area contributed by atoms with Gasteiger partial charge in [-0.1, -0.05) is 19.8 Å². The van der Waals surface area contributed by atoms with Gasteiger partial charge < -0.3 is 34.0 Å². The number of halogens is 1. The first kappa shape index (κ1) is 12.7. The molecule has 0 spiro atoms. The van der Waals surface area contributed by atoms with Crippen LogP contribution in [-0.2, 0) is 6.54 Å². The van der Waals surface area contributed by atoms with Crippen LogP contribution in [0.1, 0.15) is 26.2 Å². The lowest BCUT2D eigenvalue weighted by Crippen LogP contribution is -3.00. The molecule has 0 saturated heterocycles. The number of aryl methyl sites for hydroxylation is 1. The molecule has 0 fully saturated rings. The molecule has 1 rings (SSSR count). The summed E-state index contributed by atoms with van der Waals surface area (Å²) in [4.78, 5) is 0. The Balaban J connectivity index is 0.00000144. The second-order valence-electron chi connectivity index (χ2n) is 3.03. The van der Waals surface area contributed by atoms with Gasteiger partial charge in [0.2, 0.25) is 0 Å². The van der Waals surface area contributed by atoms with E-state index < -0.39 is 0 Å². The molecule has 2 nitrogen and oxygen atoms in total. The van der Waals surface area contributed by atoms with Gasteiger partial charge in [0.1, 0.15) is 0 Å². The minimum atomic E-state index is 0. The molecule has 13 heavy (non-hydrogen) atoms. The third-order valence-electron chi connectivity index (χ3n) is 1.91. The van der Waals surface area contributed by atoms with E-state index in [0.717, 1.165) is 6.54 Å². The molecule has 0 amide bonds. The Morgan fingerprint density at radius 2 is 1.85 bits per heavy atom. The second kappa shape index (κ2) is 7.12. The van der Waals surface area contributed by atoms with Gasteiger partial charge in [0.05, 0.1) is 5.36 Å². The van der Waals surface area contributed by atoms with Crippen molar-refractivity contribution in [2.45, 2.75) is 32.7 Å². The van der Waals surface area contributed by atoms with E-state index in [0.29, 0.717) is 5.36 Å². The molecule has 1 aromatic heterocycles. The molecular weight excluding hydrogens is 275 g/mol. The van der Waals surface area contributed by atoms with Crippen LogP contribution in [0.5, 0.6) is 0 Å². The van der Waals surface area contributed by atoms with Crippen molar-refractivity contribution < 1.29 is 24.0 Å². The zero-order valence-corrected chi connectivity index (χ0v) is 10.1. The fourth-order valence-corrected chi connectivity index (χ4v) is 1.15. The molecular formula is C10H16IN2-. The van der Waals surface area contributed by atoms with Crippen molar-refractivity contribution in [3.8, 4) is 0 Å². The lowest BCUT2D eigenvalue weighted by molar-refractivity contribution is -0.00000286. The number of unbranched alkanes of at least 4 members (excludes halogenated alkanes) is 2. The monoisotopic (exact) mass is 291 g/mol. The fourth-order valence-electron chi connectivity index (χ4n) is 1.15. The van der Waals surface area contributed by atoms with Crippen LogP contribution in [0, 0.1) is 5.41 Å². The highest BCUT2D eigenvalue weighted by Crippen LogP contribution is 1.96. The topological polar surface area (TPSA) is 28.8 Å². The third kappa shape index (κ3) is 5.08. The molecule has 0 aromatic carbocycles. The number of hydrogen-bond acceptors (Lipinski definition) is 1. The first-order valence-electron chi connectivity index (χ1n) is 4.53. The van der Waals surface area contributed by atoms with Crippen LogP contribution >= 0.6 is 0 Å². The molecule has 0 aliphatic heterocycles. The van der Waals surface area contributed by atoms with Gasteiger partial charge in [-0.25, -0.2) is 0 Å². The Kier molecular flexibility index (Phi) is 6.94. The Bertz CT molecular complexity index is 260. The molecule has 0 unspecified atom stereocenters. The molecule has 74 valence electrons. The summed E-state index contributed by atoms with van der Waals surface area (Å²) >= 11 is 0. The first-order chi connectivity index (χ1) is 5.83. The normalized spacial score (nSPS) is 9.31. The molecule has 0 atom stereocenters. The van der Waals surface area contributed by atoms with E-state index in [1.807, 2.05) is 24.5 Å². The number of rotatable bonds is 4. The lowest BCUT2D eigenvalue weighted by atomic mass is 10.2. The molecule has 0 radical (unpaired) electrons. The highest BCUT2D eigenvalue weighted by molar-refractivity contribution is 4.90. The van der Waals surface area contributed by atoms with Crippen molar-refractivity contribution in [3.63, 3.8) is 0 Å². The van der Waals surface area contributed by atoms with E-state index in [4.69, 9.17) is 5.41 Å². The zero-order valence-electron chi connectivity index (χ0n) is 7.96. The highest BCUT2D eigenvalue weighted by Gasteiger charge is 1.87. The van der Waals surface area contributed by atoms with Crippen LogP contribution in [-0.4, -0.2) is 4.57 Å². The van der Waals surface area contributed by atoms with Gasteiger partial charge in [0.15, 0.2) is 0 Å². The van der Waals surface area contributed by atoms with Crippen LogP contribution in [0.2, 0.25) is 0 Å².